The summed E-state index contributed by atoms with van der Waals surface area (Å²) in [7, 11) is 0. The zero-order valence-electron chi connectivity index (χ0n) is 13.7. The van der Waals surface area contributed by atoms with Crippen LogP contribution in [0.4, 0.5) is 0 Å². The molecule has 0 heteroatoms. The largest absolute Gasteiger partial charge is 0.0759 e. The van der Waals surface area contributed by atoms with E-state index in [0.717, 1.165) is 12.8 Å². The molecule has 3 aromatic carbocycles. The standard InChI is InChI=1S/C24H20/c1-4-10-19(11-5-1)22-16-17-23(20-12-6-2-7-13-20)24(18-22)21-14-8-3-9-15-21/h1-16H,17-18H2. The Labute approximate surface area is 143 Å². The van der Waals surface area contributed by atoms with E-state index < -0.39 is 0 Å². The van der Waals surface area contributed by atoms with E-state index in [1.165, 1.54) is 33.4 Å². The molecule has 1 aliphatic rings. The predicted molar refractivity (Wildman–Crippen MR) is 103 cm³/mol. The molecule has 0 bridgehead atoms. The fourth-order valence-corrected chi connectivity index (χ4v) is 3.44. The lowest BCUT2D eigenvalue weighted by Crippen LogP contribution is -2.00. The van der Waals surface area contributed by atoms with Gasteiger partial charge in [0.05, 0.1) is 0 Å². The first-order chi connectivity index (χ1) is 11.9. The minimum absolute atomic E-state index is 0.984. The van der Waals surface area contributed by atoms with Crippen LogP contribution in [0.5, 0.6) is 0 Å². The second-order valence-corrected chi connectivity index (χ2v) is 6.17. The lowest BCUT2D eigenvalue weighted by atomic mass is 9.82. The molecule has 0 unspecified atom stereocenters. The van der Waals surface area contributed by atoms with Crippen LogP contribution in [0.1, 0.15) is 29.5 Å². The van der Waals surface area contributed by atoms with Crippen molar-refractivity contribution < 1.29 is 0 Å². The van der Waals surface area contributed by atoms with Crippen LogP contribution >= 0.6 is 0 Å². The molecule has 1 aliphatic carbocycles. The van der Waals surface area contributed by atoms with Gasteiger partial charge < -0.3 is 0 Å². The molecular weight excluding hydrogens is 288 g/mol. The molecule has 0 radical (unpaired) electrons. The smallest absolute Gasteiger partial charge is 0.00139 e. The van der Waals surface area contributed by atoms with Crippen LogP contribution in [-0.2, 0) is 0 Å². The molecule has 0 fully saturated rings. The summed E-state index contributed by atoms with van der Waals surface area (Å²) in [6.07, 6.45) is 4.36. The van der Waals surface area contributed by atoms with Crippen molar-refractivity contribution in [1.82, 2.24) is 0 Å². The van der Waals surface area contributed by atoms with E-state index in [-0.39, 0.29) is 0 Å². The Morgan fingerprint density at radius 3 is 1.46 bits per heavy atom. The Morgan fingerprint density at radius 1 is 0.458 bits per heavy atom. The molecule has 0 saturated heterocycles. The molecule has 0 amide bonds. The van der Waals surface area contributed by atoms with E-state index in [2.05, 4.69) is 97.1 Å². The maximum Gasteiger partial charge on any atom is -0.00139 e. The van der Waals surface area contributed by atoms with Gasteiger partial charge in [0.15, 0.2) is 0 Å². The molecule has 0 heterocycles. The molecule has 3 aromatic rings. The molecule has 0 aromatic heterocycles. The number of hydrogen-bond acceptors (Lipinski definition) is 0. The second-order valence-electron chi connectivity index (χ2n) is 6.17. The molecule has 0 N–H and O–H groups in total. The second kappa shape index (κ2) is 6.72. The molecule has 116 valence electrons. The van der Waals surface area contributed by atoms with Crippen molar-refractivity contribution in [1.29, 1.82) is 0 Å². The molecule has 4 rings (SSSR count). The van der Waals surface area contributed by atoms with Crippen LogP contribution in [0.25, 0.3) is 16.7 Å². The summed E-state index contributed by atoms with van der Waals surface area (Å²) < 4.78 is 0. The molecule has 0 atom stereocenters. The third kappa shape index (κ3) is 2.96. The zero-order valence-corrected chi connectivity index (χ0v) is 13.7. The Hall–Kier alpha value is -2.86. The Morgan fingerprint density at radius 2 is 0.917 bits per heavy atom. The maximum absolute atomic E-state index is 2.39. The third-order valence-electron chi connectivity index (χ3n) is 4.67. The van der Waals surface area contributed by atoms with Crippen molar-refractivity contribution in [3.8, 4) is 0 Å². The average molecular weight is 308 g/mol. The Balaban J connectivity index is 1.79. The zero-order chi connectivity index (χ0) is 16.2. The third-order valence-corrected chi connectivity index (χ3v) is 4.67. The van der Waals surface area contributed by atoms with E-state index in [4.69, 9.17) is 0 Å². The van der Waals surface area contributed by atoms with Gasteiger partial charge in [0, 0.05) is 0 Å². The van der Waals surface area contributed by atoms with Crippen LogP contribution in [0.3, 0.4) is 0 Å². The SMILES string of the molecule is C1=C(c2ccccc2)CC(c2ccccc2)=C(c2ccccc2)C1. The Bertz CT molecular complexity index is 869. The van der Waals surface area contributed by atoms with E-state index in [9.17, 15) is 0 Å². The van der Waals surface area contributed by atoms with Crippen LogP contribution in [-0.4, -0.2) is 0 Å². The maximum atomic E-state index is 2.39. The quantitative estimate of drug-likeness (QED) is 0.520. The fourth-order valence-electron chi connectivity index (χ4n) is 3.44. The monoisotopic (exact) mass is 308 g/mol. The van der Waals surface area contributed by atoms with Crippen LogP contribution < -0.4 is 0 Å². The highest BCUT2D eigenvalue weighted by Gasteiger charge is 2.17. The van der Waals surface area contributed by atoms with Crippen molar-refractivity contribution in [2.75, 3.05) is 0 Å². The summed E-state index contributed by atoms with van der Waals surface area (Å²) >= 11 is 0. The van der Waals surface area contributed by atoms with Gasteiger partial charge in [0.2, 0.25) is 0 Å². The predicted octanol–water partition coefficient (Wildman–Crippen LogP) is 6.47. The molecule has 0 aliphatic heterocycles. The summed E-state index contributed by atoms with van der Waals surface area (Å²) in [6.45, 7) is 0. The normalized spacial score (nSPS) is 14.4. The highest BCUT2D eigenvalue weighted by Crippen LogP contribution is 2.40. The summed E-state index contributed by atoms with van der Waals surface area (Å²) in [4.78, 5) is 0. The van der Waals surface area contributed by atoms with Gasteiger partial charge in [-0.05, 0) is 46.3 Å². The van der Waals surface area contributed by atoms with Crippen LogP contribution in [0, 0.1) is 0 Å². The van der Waals surface area contributed by atoms with Crippen molar-refractivity contribution in [3.63, 3.8) is 0 Å². The minimum Gasteiger partial charge on any atom is -0.0759 e. The summed E-state index contributed by atoms with van der Waals surface area (Å²) in [5.74, 6) is 0. The molecular formula is C24H20. The Kier molecular flexibility index (Phi) is 4.12. The van der Waals surface area contributed by atoms with Gasteiger partial charge in [-0.15, -0.1) is 0 Å². The van der Waals surface area contributed by atoms with Crippen molar-refractivity contribution >= 4 is 16.7 Å². The van der Waals surface area contributed by atoms with Gasteiger partial charge in [-0.25, -0.2) is 0 Å². The van der Waals surface area contributed by atoms with Crippen molar-refractivity contribution in [2.45, 2.75) is 12.8 Å². The molecule has 24 heavy (non-hydrogen) atoms. The first kappa shape index (κ1) is 14.7. The lowest BCUT2D eigenvalue weighted by Gasteiger charge is -2.22. The number of benzene rings is 3. The van der Waals surface area contributed by atoms with Gasteiger partial charge in [-0.3, -0.25) is 0 Å². The van der Waals surface area contributed by atoms with Crippen molar-refractivity contribution in [3.05, 3.63) is 114 Å². The van der Waals surface area contributed by atoms with E-state index in [1.54, 1.807) is 0 Å². The van der Waals surface area contributed by atoms with Crippen molar-refractivity contribution in [2.24, 2.45) is 0 Å². The van der Waals surface area contributed by atoms with E-state index >= 15 is 0 Å². The van der Waals surface area contributed by atoms with Gasteiger partial charge in [-0.1, -0.05) is 97.1 Å². The summed E-state index contributed by atoms with van der Waals surface area (Å²) in [6, 6.07) is 32.3. The van der Waals surface area contributed by atoms with Gasteiger partial charge in [0.1, 0.15) is 0 Å². The van der Waals surface area contributed by atoms with Crippen LogP contribution in [0.2, 0.25) is 0 Å². The minimum atomic E-state index is 0.984. The molecule has 0 saturated carbocycles. The highest BCUT2D eigenvalue weighted by molar-refractivity contribution is 5.98. The molecule has 0 nitrogen and oxygen atoms in total. The first-order valence-corrected chi connectivity index (χ1v) is 8.49. The number of allylic oxidation sites excluding steroid dienone is 4. The lowest BCUT2D eigenvalue weighted by molar-refractivity contribution is 1.26. The van der Waals surface area contributed by atoms with E-state index in [1.807, 2.05) is 0 Å². The van der Waals surface area contributed by atoms with Gasteiger partial charge >= 0.3 is 0 Å². The summed E-state index contributed by atoms with van der Waals surface area (Å²) in [5, 5.41) is 0. The van der Waals surface area contributed by atoms with Gasteiger partial charge in [-0.2, -0.15) is 0 Å². The first-order valence-electron chi connectivity index (χ1n) is 8.49. The average Bonchev–Trinajstić information content (AvgIpc) is 2.69. The number of hydrogen-bond donors (Lipinski definition) is 0. The highest BCUT2D eigenvalue weighted by atomic mass is 14.2. The van der Waals surface area contributed by atoms with E-state index in [0.29, 0.717) is 0 Å². The topological polar surface area (TPSA) is 0 Å². The van der Waals surface area contributed by atoms with Crippen LogP contribution in [0.15, 0.2) is 97.1 Å². The summed E-state index contributed by atoms with van der Waals surface area (Å²) in [5.41, 5.74) is 8.31. The van der Waals surface area contributed by atoms with Gasteiger partial charge in [0.25, 0.3) is 0 Å². The number of rotatable bonds is 3. The molecule has 0 spiro atoms. The fraction of sp³-hybridized carbons (Fsp3) is 0.0833.